The molecule has 0 aliphatic carbocycles. The van der Waals surface area contributed by atoms with Crippen molar-refractivity contribution in [2.45, 2.75) is 27.3 Å². The number of para-hydroxylation sites is 2. The summed E-state index contributed by atoms with van der Waals surface area (Å²) in [6.07, 6.45) is 1.60. The first-order chi connectivity index (χ1) is 15.9. The molecule has 33 heavy (non-hydrogen) atoms. The molecule has 1 N–H and O–H groups in total. The fraction of sp³-hybridized carbons (Fsp3) is 0.208. The van der Waals surface area contributed by atoms with Crippen LogP contribution in [-0.4, -0.2) is 38.0 Å². The Kier molecular flexibility index (Phi) is 6.03. The normalized spacial score (nSPS) is 10.9. The van der Waals surface area contributed by atoms with Crippen LogP contribution in [0.15, 0.2) is 59.5 Å². The van der Waals surface area contributed by atoms with Crippen LogP contribution in [0.3, 0.4) is 0 Å². The first kappa shape index (κ1) is 21.9. The minimum absolute atomic E-state index is 0.217. The Morgan fingerprint density at radius 1 is 1.06 bits per heavy atom. The topological polar surface area (TPSA) is 108 Å². The molecule has 0 unspecified atom stereocenters. The largest absolute Gasteiger partial charge is 0.462 e. The number of aryl methyl sites for hydroxylation is 2. The Labute approximate surface area is 189 Å². The molecule has 0 spiro atoms. The maximum atomic E-state index is 13.3. The number of fused-ring (bicyclic) bond motifs is 1. The third kappa shape index (κ3) is 4.25. The molecule has 0 radical (unpaired) electrons. The van der Waals surface area contributed by atoms with Crippen LogP contribution in [0.1, 0.15) is 28.5 Å². The molecule has 1 amide bonds. The first-order valence-electron chi connectivity index (χ1n) is 10.5. The molecular weight excluding hydrogens is 422 g/mol. The van der Waals surface area contributed by atoms with Gasteiger partial charge in [-0.2, -0.15) is 10.2 Å². The standard InChI is InChI=1S/C24H23N5O4/c1-4-33-24(32)17-10-6-7-11-19(17)26-21(30)14-28-23(31)22-18(16(3)27-28)13-25-29(22)20-12-8-5-9-15(20)2/h5-13H,4,14H2,1-3H3,(H,26,30). The van der Waals surface area contributed by atoms with Crippen LogP contribution in [0, 0.1) is 13.8 Å². The number of nitrogens with zero attached hydrogens (tertiary/aromatic N) is 4. The number of ether oxygens (including phenoxy) is 1. The van der Waals surface area contributed by atoms with E-state index < -0.39 is 17.4 Å². The number of hydrogen-bond donors (Lipinski definition) is 1. The third-order valence-electron chi connectivity index (χ3n) is 5.20. The highest BCUT2D eigenvalue weighted by Gasteiger charge is 2.19. The van der Waals surface area contributed by atoms with Gasteiger partial charge in [0.05, 0.1) is 35.4 Å². The number of carbonyl (C=O) groups excluding carboxylic acids is 2. The highest BCUT2D eigenvalue weighted by atomic mass is 16.5. The van der Waals surface area contributed by atoms with Crippen LogP contribution in [0.25, 0.3) is 16.6 Å². The van der Waals surface area contributed by atoms with Crippen molar-refractivity contribution in [3.8, 4) is 5.69 Å². The maximum absolute atomic E-state index is 13.3. The molecule has 2 heterocycles. The highest BCUT2D eigenvalue weighted by molar-refractivity contribution is 6.01. The molecule has 0 saturated carbocycles. The molecule has 168 valence electrons. The van der Waals surface area contributed by atoms with E-state index in [1.807, 2.05) is 31.2 Å². The molecule has 0 fully saturated rings. The number of amides is 1. The van der Waals surface area contributed by atoms with Gasteiger partial charge in [0.15, 0.2) is 0 Å². The lowest BCUT2D eigenvalue weighted by molar-refractivity contribution is -0.117. The highest BCUT2D eigenvalue weighted by Crippen LogP contribution is 2.20. The average Bonchev–Trinajstić information content (AvgIpc) is 3.24. The molecule has 0 aliphatic heterocycles. The zero-order valence-corrected chi connectivity index (χ0v) is 18.5. The van der Waals surface area contributed by atoms with E-state index in [9.17, 15) is 14.4 Å². The van der Waals surface area contributed by atoms with E-state index in [1.54, 1.807) is 49.0 Å². The van der Waals surface area contributed by atoms with E-state index in [0.717, 1.165) is 15.9 Å². The smallest absolute Gasteiger partial charge is 0.340 e. The number of carbonyl (C=O) groups is 2. The second kappa shape index (κ2) is 9.07. The summed E-state index contributed by atoms with van der Waals surface area (Å²) in [6, 6.07) is 14.1. The number of benzene rings is 2. The third-order valence-corrected chi connectivity index (χ3v) is 5.20. The lowest BCUT2D eigenvalue weighted by atomic mass is 10.2. The van der Waals surface area contributed by atoms with Crippen LogP contribution in [0.4, 0.5) is 5.69 Å². The number of hydrogen-bond acceptors (Lipinski definition) is 6. The van der Waals surface area contributed by atoms with Crippen molar-refractivity contribution in [1.82, 2.24) is 19.6 Å². The van der Waals surface area contributed by atoms with Crippen molar-refractivity contribution < 1.29 is 14.3 Å². The zero-order chi connectivity index (χ0) is 23.5. The van der Waals surface area contributed by atoms with Crippen molar-refractivity contribution in [2.24, 2.45) is 0 Å². The quantitative estimate of drug-likeness (QED) is 0.457. The van der Waals surface area contributed by atoms with E-state index in [1.165, 1.54) is 0 Å². The van der Waals surface area contributed by atoms with Gasteiger partial charge in [0, 0.05) is 5.39 Å². The van der Waals surface area contributed by atoms with Gasteiger partial charge in [-0.15, -0.1) is 0 Å². The van der Waals surface area contributed by atoms with Crippen LogP contribution in [0.5, 0.6) is 0 Å². The van der Waals surface area contributed by atoms with Gasteiger partial charge < -0.3 is 10.1 Å². The van der Waals surface area contributed by atoms with E-state index in [-0.39, 0.29) is 18.7 Å². The molecule has 0 atom stereocenters. The predicted octanol–water partition coefficient (Wildman–Crippen LogP) is 3.01. The van der Waals surface area contributed by atoms with Crippen LogP contribution in [0.2, 0.25) is 0 Å². The Hall–Kier alpha value is -4.27. The van der Waals surface area contributed by atoms with Crippen molar-refractivity contribution in [1.29, 1.82) is 0 Å². The SMILES string of the molecule is CCOC(=O)c1ccccc1NC(=O)Cn1nc(C)c2cnn(-c3ccccc3C)c2c1=O. The first-order valence-corrected chi connectivity index (χ1v) is 10.5. The van der Waals surface area contributed by atoms with Crippen LogP contribution < -0.4 is 10.9 Å². The number of esters is 1. The second-order valence-electron chi connectivity index (χ2n) is 7.47. The molecular formula is C24H23N5O4. The van der Waals surface area contributed by atoms with Gasteiger partial charge in [0.25, 0.3) is 5.56 Å². The fourth-order valence-electron chi connectivity index (χ4n) is 3.62. The molecule has 0 bridgehead atoms. The number of aromatic nitrogens is 4. The molecule has 9 nitrogen and oxygen atoms in total. The van der Waals surface area contributed by atoms with E-state index in [2.05, 4.69) is 15.5 Å². The lowest BCUT2D eigenvalue weighted by Gasteiger charge is -2.12. The van der Waals surface area contributed by atoms with Gasteiger partial charge in [0.2, 0.25) is 5.91 Å². The summed E-state index contributed by atoms with van der Waals surface area (Å²) < 4.78 is 7.72. The Balaban J connectivity index is 1.68. The molecule has 4 aromatic rings. The predicted molar refractivity (Wildman–Crippen MR) is 124 cm³/mol. The van der Waals surface area contributed by atoms with Gasteiger partial charge in [-0.25, -0.2) is 14.2 Å². The number of rotatable bonds is 6. The summed E-state index contributed by atoms with van der Waals surface area (Å²) in [5.74, 6) is -1.04. The summed E-state index contributed by atoms with van der Waals surface area (Å²) in [4.78, 5) is 38.2. The van der Waals surface area contributed by atoms with E-state index in [4.69, 9.17) is 4.74 Å². The van der Waals surface area contributed by atoms with Crippen molar-refractivity contribution in [3.05, 3.63) is 81.9 Å². The molecule has 4 rings (SSSR count). The monoisotopic (exact) mass is 445 g/mol. The minimum Gasteiger partial charge on any atom is -0.462 e. The van der Waals surface area contributed by atoms with Gasteiger partial charge >= 0.3 is 5.97 Å². The Bertz CT molecular complexity index is 1420. The van der Waals surface area contributed by atoms with Gasteiger partial charge in [-0.1, -0.05) is 30.3 Å². The maximum Gasteiger partial charge on any atom is 0.340 e. The van der Waals surface area contributed by atoms with Crippen molar-refractivity contribution >= 4 is 28.5 Å². The molecule has 0 aliphatic rings. The van der Waals surface area contributed by atoms with Crippen LogP contribution >= 0.6 is 0 Å². The average molecular weight is 445 g/mol. The second-order valence-corrected chi connectivity index (χ2v) is 7.47. The van der Waals surface area contributed by atoms with Gasteiger partial charge in [-0.05, 0) is 44.5 Å². The fourth-order valence-corrected chi connectivity index (χ4v) is 3.62. The zero-order valence-electron chi connectivity index (χ0n) is 18.5. The minimum atomic E-state index is -0.539. The molecule has 9 heteroatoms. The number of anilines is 1. The van der Waals surface area contributed by atoms with E-state index >= 15 is 0 Å². The van der Waals surface area contributed by atoms with Crippen LogP contribution in [-0.2, 0) is 16.1 Å². The van der Waals surface area contributed by atoms with Gasteiger partial charge in [0.1, 0.15) is 12.1 Å². The van der Waals surface area contributed by atoms with Crippen molar-refractivity contribution in [2.75, 3.05) is 11.9 Å². The summed E-state index contributed by atoms with van der Waals surface area (Å²) in [7, 11) is 0. The Morgan fingerprint density at radius 2 is 1.79 bits per heavy atom. The summed E-state index contributed by atoms with van der Waals surface area (Å²) in [5.41, 5.74) is 2.74. The van der Waals surface area contributed by atoms with Gasteiger partial charge in [-0.3, -0.25) is 9.59 Å². The molecule has 0 saturated heterocycles. The van der Waals surface area contributed by atoms with E-state index in [0.29, 0.717) is 22.3 Å². The molecule has 2 aromatic heterocycles. The summed E-state index contributed by atoms with van der Waals surface area (Å²) in [6.45, 7) is 5.29. The lowest BCUT2D eigenvalue weighted by Crippen LogP contribution is -2.31. The molecule has 2 aromatic carbocycles. The van der Waals surface area contributed by atoms with Crippen molar-refractivity contribution in [3.63, 3.8) is 0 Å². The summed E-state index contributed by atoms with van der Waals surface area (Å²) in [5, 5.41) is 12.0. The Morgan fingerprint density at radius 3 is 2.55 bits per heavy atom. The summed E-state index contributed by atoms with van der Waals surface area (Å²) >= 11 is 0. The number of nitrogens with one attached hydrogen (secondary N) is 1.